The van der Waals surface area contributed by atoms with Crippen LogP contribution in [0.2, 0.25) is 0 Å². The highest BCUT2D eigenvalue weighted by Gasteiger charge is 2.32. The summed E-state index contributed by atoms with van der Waals surface area (Å²) in [6.07, 6.45) is 4.47. The Morgan fingerprint density at radius 3 is 2.68 bits per heavy atom. The quantitative estimate of drug-likeness (QED) is 0.882. The van der Waals surface area contributed by atoms with Crippen LogP contribution in [0.15, 0.2) is 0 Å². The summed E-state index contributed by atoms with van der Waals surface area (Å²) in [5.41, 5.74) is 6.00. The smallest absolute Gasteiger partial charge is 0.239 e. The first-order valence-electron chi connectivity index (χ1n) is 8.02. The molecule has 1 aromatic heterocycles. The van der Waals surface area contributed by atoms with Gasteiger partial charge in [-0.25, -0.2) is 4.98 Å². The number of aromatic amines is 1. The van der Waals surface area contributed by atoms with Crippen molar-refractivity contribution < 1.29 is 4.79 Å². The molecule has 3 rings (SSSR count). The van der Waals surface area contributed by atoms with E-state index in [1.54, 1.807) is 0 Å². The number of aromatic nitrogens is 3. The molecule has 0 spiro atoms. The number of rotatable bonds is 4. The maximum Gasteiger partial charge on any atom is 0.239 e. The van der Waals surface area contributed by atoms with E-state index in [1.165, 1.54) is 12.8 Å². The van der Waals surface area contributed by atoms with E-state index in [2.05, 4.69) is 15.2 Å². The molecule has 2 aliphatic rings. The van der Waals surface area contributed by atoms with Gasteiger partial charge in [0.05, 0.1) is 6.04 Å². The van der Waals surface area contributed by atoms with E-state index in [9.17, 15) is 4.79 Å². The zero-order chi connectivity index (χ0) is 15.0. The van der Waals surface area contributed by atoms with Gasteiger partial charge >= 0.3 is 0 Å². The number of carbonyl (C=O) groups excluding carboxylic acids is 1. The first-order chi connectivity index (χ1) is 10.1. The van der Waals surface area contributed by atoms with E-state index < -0.39 is 6.04 Å². The monoisotopic (exact) mass is 327 g/mol. The van der Waals surface area contributed by atoms with Crippen molar-refractivity contribution in [3.05, 3.63) is 11.6 Å². The van der Waals surface area contributed by atoms with Gasteiger partial charge in [0, 0.05) is 24.9 Å². The highest BCUT2D eigenvalue weighted by atomic mass is 35.5. The maximum absolute atomic E-state index is 12.4. The van der Waals surface area contributed by atoms with E-state index in [0.717, 1.165) is 31.0 Å². The van der Waals surface area contributed by atoms with Gasteiger partial charge in [-0.05, 0) is 31.6 Å². The minimum atomic E-state index is -0.405. The van der Waals surface area contributed by atoms with Crippen LogP contribution in [0.5, 0.6) is 0 Å². The molecule has 6 nitrogen and oxygen atoms in total. The highest BCUT2D eigenvalue weighted by Crippen LogP contribution is 2.38. The predicted octanol–water partition coefficient (Wildman–Crippen LogP) is 1.79. The number of carbonyl (C=O) groups is 1. The van der Waals surface area contributed by atoms with Crippen LogP contribution in [-0.2, 0) is 4.79 Å². The Bertz CT molecular complexity index is 514. The van der Waals surface area contributed by atoms with Gasteiger partial charge in [0.2, 0.25) is 5.91 Å². The van der Waals surface area contributed by atoms with Crippen LogP contribution in [0.4, 0.5) is 0 Å². The topological polar surface area (TPSA) is 87.9 Å². The van der Waals surface area contributed by atoms with Crippen molar-refractivity contribution in [3.8, 4) is 0 Å². The van der Waals surface area contributed by atoms with Crippen molar-refractivity contribution >= 4 is 18.3 Å². The van der Waals surface area contributed by atoms with Crippen LogP contribution in [0.1, 0.15) is 63.0 Å². The van der Waals surface area contributed by atoms with Crippen LogP contribution in [0.25, 0.3) is 0 Å². The molecule has 7 heteroatoms. The van der Waals surface area contributed by atoms with Gasteiger partial charge in [-0.15, -0.1) is 12.4 Å². The van der Waals surface area contributed by atoms with Crippen molar-refractivity contribution in [2.75, 3.05) is 13.1 Å². The van der Waals surface area contributed by atoms with Crippen LogP contribution in [-0.4, -0.2) is 45.1 Å². The first-order valence-corrected chi connectivity index (χ1v) is 8.02. The Morgan fingerprint density at radius 2 is 2.05 bits per heavy atom. The predicted molar refractivity (Wildman–Crippen MR) is 87.0 cm³/mol. The number of hydrogen-bond acceptors (Lipinski definition) is 4. The van der Waals surface area contributed by atoms with E-state index in [-0.39, 0.29) is 30.2 Å². The van der Waals surface area contributed by atoms with E-state index in [1.807, 2.05) is 18.7 Å². The highest BCUT2D eigenvalue weighted by molar-refractivity contribution is 5.85. The molecule has 124 valence electrons. The maximum atomic E-state index is 12.4. The molecule has 0 bridgehead atoms. The summed E-state index contributed by atoms with van der Waals surface area (Å²) in [6, 6.07) is -0.405. The third kappa shape index (κ3) is 3.60. The lowest BCUT2D eigenvalue weighted by molar-refractivity contribution is -0.134. The summed E-state index contributed by atoms with van der Waals surface area (Å²) in [5.74, 6) is 2.95. The van der Waals surface area contributed by atoms with Gasteiger partial charge in [-0.1, -0.05) is 13.8 Å². The first kappa shape index (κ1) is 17.2. The Kier molecular flexibility index (Phi) is 5.45. The molecule has 1 aliphatic heterocycles. The number of piperidine rings is 1. The summed E-state index contributed by atoms with van der Waals surface area (Å²) in [5, 5.41) is 7.43. The molecule has 1 saturated carbocycles. The second kappa shape index (κ2) is 6.96. The average molecular weight is 328 g/mol. The summed E-state index contributed by atoms with van der Waals surface area (Å²) in [4.78, 5) is 18.9. The van der Waals surface area contributed by atoms with Gasteiger partial charge < -0.3 is 10.6 Å². The SMILES string of the molecule is CC(C)[C@H](N)C(=O)N1CCCC(c2n[nH]c(C3CC3)n2)C1.Cl. The van der Waals surface area contributed by atoms with Gasteiger partial charge in [0.15, 0.2) is 5.82 Å². The molecule has 1 aromatic rings. The average Bonchev–Trinajstić information content (AvgIpc) is 3.23. The normalized spacial score (nSPS) is 23.3. The van der Waals surface area contributed by atoms with Crippen LogP contribution < -0.4 is 5.73 Å². The number of likely N-dealkylation sites (tertiary alicyclic amines) is 1. The lowest BCUT2D eigenvalue weighted by atomic mass is 9.95. The molecule has 0 radical (unpaired) electrons. The van der Waals surface area contributed by atoms with Crippen LogP contribution >= 0.6 is 12.4 Å². The summed E-state index contributed by atoms with van der Waals surface area (Å²) in [7, 11) is 0. The molecule has 1 amide bonds. The molecular formula is C15H26ClN5O. The molecular weight excluding hydrogens is 302 g/mol. The Hall–Kier alpha value is -1.14. The number of H-pyrrole nitrogens is 1. The fourth-order valence-electron chi connectivity index (χ4n) is 2.89. The zero-order valence-corrected chi connectivity index (χ0v) is 14.1. The number of halogens is 1. The van der Waals surface area contributed by atoms with Crippen molar-refractivity contribution in [1.29, 1.82) is 0 Å². The third-order valence-corrected chi connectivity index (χ3v) is 4.59. The van der Waals surface area contributed by atoms with Crippen LogP contribution in [0, 0.1) is 5.92 Å². The number of hydrogen-bond donors (Lipinski definition) is 2. The number of nitrogens with one attached hydrogen (secondary N) is 1. The van der Waals surface area contributed by atoms with E-state index in [0.29, 0.717) is 12.5 Å². The van der Waals surface area contributed by atoms with E-state index >= 15 is 0 Å². The van der Waals surface area contributed by atoms with Gasteiger partial charge in [-0.3, -0.25) is 9.89 Å². The van der Waals surface area contributed by atoms with Crippen molar-refractivity contribution in [2.24, 2.45) is 11.7 Å². The van der Waals surface area contributed by atoms with Crippen molar-refractivity contribution in [1.82, 2.24) is 20.1 Å². The fraction of sp³-hybridized carbons (Fsp3) is 0.800. The number of amides is 1. The number of nitrogens with zero attached hydrogens (tertiary/aromatic N) is 3. The van der Waals surface area contributed by atoms with Crippen molar-refractivity contribution in [2.45, 2.75) is 57.4 Å². The Labute approximate surface area is 137 Å². The van der Waals surface area contributed by atoms with Gasteiger partial charge in [0.1, 0.15) is 5.82 Å². The largest absolute Gasteiger partial charge is 0.341 e. The molecule has 22 heavy (non-hydrogen) atoms. The number of nitrogens with two attached hydrogens (primary N) is 1. The van der Waals surface area contributed by atoms with Crippen LogP contribution in [0.3, 0.4) is 0 Å². The molecule has 1 unspecified atom stereocenters. The third-order valence-electron chi connectivity index (χ3n) is 4.59. The molecule has 3 N–H and O–H groups in total. The van der Waals surface area contributed by atoms with Crippen molar-refractivity contribution in [3.63, 3.8) is 0 Å². The minimum Gasteiger partial charge on any atom is -0.341 e. The molecule has 0 aromatic carbocycles. The lowest BCUT2D eigenvalue weighted by Gasteiger charge is -2.34. The zero-order valence-electron chi connectivity index (χ0n) is 13.3. The molecule has 2 atom stereocenters. The molecule has 1 aliphatic carbocycles. The summed E-state index contributed by atoms with van der Waals surface area (Å²) >= 11 is 0. The second-order valence-corrected chi connectivity index (χ2v) is 6.75. The van der Waals surface area contributed by atoms with E-state index in [4.69, 9.17) is 5.73 Å². The summed E-state index contributed by atoms with van der Waals surface area (Å²) in [6.45, 7) is 5.47. The second-order valence-electron chi connectivity index (χ2n) is 6.75. The minimum absolute atomic E-state index is 0. The standard InChI is InChI=1S/C15H25N5O.ClH/c1-9(2)12(16)15(21)20-7-3-4-11(8-20)14-17-13(18-19-14)10-5-6-10;/h9-12H,3-8,16H2,1-2H3,(H,17,18,19);1H/t11?,12-;/m0./s1. The van der Waals surface area contributed by atoms with Gasteiger partial charge in [0.25, 0.3) is 0 Å². The van der Waals surface area contributed by atoms with Gasteiger partial charge in [-0.2, -0.15) is 5.10 Å². The fourth-order valence-corrected chi connectivity index (χ4v) is 2.89. The molecule has 1 saturated heterocycles. The molecule has 2 heterocycles. The molecule has 2 fully saturated rings. The lowest BCUT2D eigenvalue weighted by Crippen LogP contribution is -2.49. The Balaban J connectivity index is 0.00000176. The summed E-state index contributed by atoms with van der Waals surface area (Å²) < 4.78 is 0. The Morgan fingerprint density at radius 1 is 1.32 bits per heavy atom.